The van der Waals surface area contributed by atoms with E-state index >= 15 is 0 Å². The molecule has 0 radical (unpaired) electrons. The second-order valence-corrected chi connectivity index (χ2v) is 7.19. The molecule has 0 spiro atoms. The van der Waals surface area contributed by atoms with Crippen LogP contribution in [0.2, 0.25) is 0 Å². The van der Waals surface area contributed by atoms with E-state index in [1.807, 2.05) is 4.72 Å². The van der Waals surface area contributed by atoms with Crippen molar-refractivity contribution in [1.82, 2.24) is 15.0 Å². The minimum absolute atomic E-state index is 0.408. The van der Waals surface area contributed by atoms with Crippen molar-refractivity contribution in [1.29, 1.82) is 0 Å². The van der Waals surface area contributed by atoms with Crippen LogP contribution in [-0.4, -0.2) is 25.9 Å². The SMILES string of the molecule is CC(NC(=O)CNS(=O)(=O)c1cccc(C(F)(F)F)c1)c1cccnc1. The normalized spacial score (nSPS) is 13.2. The van der Waals surface area contributed by atoms with Gasteiger partial charge in [-0.2, -0.15) is 13.2 Å². The fourth-order valence-corrected chi connectivity index (χ4v) is 3.12. The van der Waals surface area contributed by atoms with Crippen LogP contribution < -0.4 is 10.0 Å². The van der Waals surface area contributed by atoms with E-state index in [1.165, 1.54) is 0 Å². The fourth-order valence-electron chi connectivity index (χ4n) is 2.09. The Balaban J connectivity index is 2.01. The Morgan fingerprint density at radius 2 is 1.96 bits per heavy atom. The number of alkyl halides is 3. The van der Waals surface area contributed by atoms with Crippen LogP contribution in [0.4, 0.5) is 13.2 Å². The molecule has 1 amide bonds. The third-order valence-corrected chi connectivity index (χ3v) is 4.86. The van der Waals surface area contributed by atoms with Crippen LogP contribution in [0.1, 0.15) is 24.1 Å². The average molecular weight is 387 g/mol. The Hall–Kier alpha value is -2.46. The largest absolute Gasteiger partial charge is 0.416 e. The molecule has 0 bridgehead atoms. The highest BCUT2D eigenvalue weighted by Gasteiger charge is 2.31. The van der Waals surface area contributed by atoms with Crippen LogP contribution in [0.5, 0.6) is 0 Å². The zero-order chi connectivity index (χ0) is 19.4. The van der Waals surface area contributed by atoms with Crippen molar-refractivity contribution in [3.8, 4) is 0 Å². The molecule has 0 aliphatic heterocycles. The van der Waals surface area contributed by atoms with Crippen LogP contribution >= 0.6 is 0 Å². The standard InChI is InChI=1S/C16H16F3N3O3S/c1-11(12-4-3-7-20-9-12)22-15(23)10-21-26(24,25)14-6-2-5-13(8-14)16(17,18)19/h2-9,11,21H,10H2,1H3,(H,22,23). The minimum Gasteiger partial charge on any atom is -0.348 e. The third kappa shape index (κ3) is 5.27. The molecule has 140 valence electrons. The second kappa shape index (κ2) is 7.83. The van der Waals surface area contributed by atoms with Crippen molar-refractivity contribution >= 4 is 15.9 Å². The van der Waals surface area contributed by atoms with Gasteiger partial charge in [0.15, 0.2) is 0 Å². The summed E-state index contributed by atoms with van der Waals surface area (Å²) >= 11 is 0. The van der Waals surface area contributed by atoms with Crippen LogP contribution in [-0.2, 0) is 21.0 Å². The monoisotopic (exact) mass is 387 g/mol. The average Bonchev–Trinajstić information content (AvgIpc) is 2.60. The van der Waals surface area contributed by atoms with Crippen molar-refractivity contribution in [3.63, 3.8) is 0 Å². The number of rotatable bonds is 6. The summed E-state index contributed by atoms with van der Waals surface area (Å²) in [6, 6.07) is 6.31. The number of nitrogens with zero attached hydrogens (tertiary/aromatic N) is 1. The maximum Gasteiger partial charge on any atom is 0.416 e. The molecule has 10 heteroatoms. The number of aromatic nitrogens is 1. The third-order valence-electron chi connectivity index (χ3n) is 3.46. The number of pyridine rings is 1. The quantitative estimate of drug-likeness (QED) is 0.796. The lowest BCUT2D eigenvalue weighted by atomic mass is 10.1. The van der Waals surface area contributed by atoms with Gasteiger partial charge in [-0.1, -0.05) is 12.1 Å². The number of amides is 1. The molecule has 0 aliphatic rings. The molecule has 26 heavy (non-hydrogen) atoms. The summed E-state index contributed by atoms with van der Waals surface area (Å²) in [6.45, 7) is 1.08. The van der Waals surface area contributed by atoms with Crippen LogP contribution in [0.25, 0.3) is 0 Å². The van der Waals surface area contributed by atoms with Gasteiger partial charge in [0.2, 0.25) is 15.9 Å². The van der Waals surface area contributed by atoms with E-state index in [9.17, 15) is 26.4 Å². The zero-order valence-corrected chi connectivity index (χ0v) is 14.4. The molecule has 1 atom stereocenters. The van der Waals surface area contributed by atoms with Crippen LogP contribution in [0.15, 0.2) is 53.7 Å². The molecule has 0 fully saturated rings. The molecule has 1 unspecified atom stereocenters. The Bertz CT molecular complexity index is 871. The van der Waals surface area contributed by atoms with E-state index in [-0.39, 0.29) is 0 Å². The molecule has 0 aliphatic carbocycles. The number of halogens is 3. The fraction of sp³-hybridized carbons (Fsp3) is 0.250. The van der Waals surface area contributed by atoms with E-state index in [0.717, 1.165) is 23.8 Å². The molecular weight excluding hydrogens is 371 g/mol. The Kier molecular flexibility index (Phi) is 5.98. The molecule has 2 N–H and O–H groups in total. The van der Waals surface area contributed by atoms with Gasteiger partial charge in [-0.05, 0) is 36.8 Å². The highest BCUT2D eigenvalue weighted by Crippen LogP contribution is 2.30. The molecule has 0 saturated carbocycles. The lowest BCUT2D eigenvalue weighted by Gasteiger charge is -2.14. The lowest BCUT2D eigenvalue weighted by molar-refractivity contribution is -0.137. The summed E-state index contributed by atoms with van der Waals surface area (Å²) in [5, 5.41) is 2.57. The van der Waals surface area contributed by atoms with E-state index in [0.29, 0.717) is 6.07 Å². The first-order chi connectivity index (χ1) is 12.1. The van der Waals surface area contributed by atoms with Crippen LogP contribution in [0.3, 0.4) is 0 Å². The topological polar surface area (TPSA) is 88.2 Å². The van der Waals surface area contributed by atoms with Crippen LogP contribution in [0, 0.1) is 0 Å². The van der Waals surface area contributed by atoms with E-state index in [1.54, 1.807) is 31.5 Å². The first-order valence-electron chi connectivity index (χ1n) is 7.46. The molecule has 0 saturated heterocycles. The van der Waals surface area contributed by atoms with Crippen molar-refractivity contribution < 1.29 is 26.4 Å². The summed E-state index contributed by atoms with van der Waals surface area (Å²) < 4.78 is 64.3. The van der Waals surface area contributed by atoms with Gasteiger partial charge >= 0.3 is 6.18 Å². The molecule has 1 aromatic carbocycles. The van der Waals surface area contributed by atoms with Crippen molar-refractivity contribution in [2.24, 2.45) is 0 Å². The number of carbonyl (C=O) groups is 1. The highest BCUT2D eigenvalue weighted by atomic mass is 32.2. The molecular formula is C16H16F3N3O3S. The summed E-state index contributed by atoms with van der Waals surface area (Å²) in [7, 11) is -4.26. The number of nitrogens with one attached hydrogen (secondary N) is 2. The smallest absolute Gasteiger partial charge is 0.348 e. The predicted octanol–water partition coefficient (Wildman–Crippen LogP) is 2.26. The maximum absolute atomic E-state index is 12.7. The van der Waals surface area contributed by atoms with Gasteiger partial charge in [0.05, 0.1) is 23.0 Å². The summed E-state index contributed by atoms with van der Waals surface area (Å²) in [5.41, 5.74) is -0.364. The number of carbonyl (C=O) groups excluding carboxylic acids is 1. The molecule has 1 aromatic heterocycles. The molecule has 2 aromatic rings. The van der Waals surface area contributed by atoms with Gasteiger partial charge in [0.25, 0.3) is 0 Å². The second-order valence-electron chi connectivity index (χ2n) is 5.43. The van der Waals surface area contributed by atoms with E-state index in [2.05, 4.69) is 10.3 Å². The van der Waals surface area contributed by atoms with Crippen molar-refractivity contribution in [3.05, 3.63) is 59.9 Å². The first kappa shape index (κ1) is 19.9. The maximum atomic E-state index is 12.7. The Morgan fingerprint density at radius 1 is 1.23 bits per heavy atom. The first-order valence-corrected chi connectivity index (χ1v) is 8.94. The van der Waals surface area contributed by atoms with Gasteiger partial charge in [0, 0.05) is 12.4 Å². The highest BCUT2D eigenvalue weighted by molar-refractivity contribution is 7.89. The lowest BCUT2D eigenvalue weighted by Crippen LogP contribution is -2.38. The summed E-state index contributed by atoms with van der Waals surface area (Å²) in [5.74, 6) is -0.628. The van der Waals surface area contributed by atoms with Crippen molar-refractivity contribution in [2.45, 2.75) is 24.0 Å². The number of benzene rings is 1. The predicted molar refractivity (Wildman–Crippen MR) is 87.4 cm³/mol. The van der Waals surface area contributed by atoms with E-state index in [4.69, 9.17) is 0 Å². The molecule has 6 nitrogen and oxygen atoms in total. The summed E-state index contributed by atoms with van der Waals surface area (Å²) in [6.07, 6.45) is -1.54. The molecule has 1 heterocycles. The number of hydrogen-bond acceptors (Lipinski definition) is 4. The Morgan fingerprint density at radius 3 is 2.58 bits per heavy atom. The molecule has 2 rings (SSSR count). The zero-order valence-electron chi connectivity index (χ0n) is 13.6. The van der Waals surface area contributed by atoms with Gasteiger partial charge < -0.3 is 5.32 Å². The van der Waals surface area contributed by atoms with Gasteiger partial charge in [-0.25, -0.2) is 13.1 Å². The van der Waals surface area contributed by atoms with E-state index < -0.39 is 45.2 Å². The summed E-state index contributed by atoms with van der Waals surface area (Å²) in [4.78, 5) is 15.2. The van der Waals surface area contributed by atoms with Gasteiger partial charge in [-0.15, -0.1) is 0 Å². The minimum atomic E-state index is -4.66. The number of sulfonamides is 1. The Labute approximate surface area is 148 Å². The van der Waals surface area contributed by atoms with Crippen molar-refractivity contribution in [2.75, 3.05) is 6.54 Å². The van der Waals surface area contributed by atoms with Gasteiger partial charge in [0.1, 0.15) is 0 Å². The van der Waals surface area contributed by atoms with Gasteiger partial charge in [-0.3, -0.25) is 9.78 Å². The number of hydrogen-bond donors (Lipinski definition) is 2.